The summed E-state index contributed by atoms with van der Waals surface area (Å²) in [6, 6.07) is 21.9. The monoisotopic (exact) mass is 422 g/mol. The Labute approximate surface area is 181 Å². The minimum absolute atomic E-state index is 0.227. The van der Waals surface area contributed by atoms with Crippen LogP contribution in [0.5, 0.6) is 0 Å². The molecule has 1 atom stereocenters. The summed E-state index contributed by atoms with van der Waals surface area (Å²) in [5.74, 6) is 2.77. The summed E-state index contributed by atoms with van der Waals surface area (Å²) < 4.78 is 8.17. The molecule has 0 fully saturated rings. The Kier molecular flexibility index (Phi) is 6.67. The van der Waals surface area contributed by atoms with Crippen LogP contribution in [0.1, 0.15) is 22.4 Å². The van der Waals surface area contributed by atoms with E-state index in [4.69, 9.17) is 9.73 Å². The molecule has 0 aliphatic carbocycles. The number of aliphatic imine (C=N–C) groups is 1. The van der Waals surface area contributed by atoms with Gasteiger partial charge in [-0.15, -0.1) is 11.8 Å². The highest BCUT2D eigenvalue weighted by Gasteiger charge is 2.22. The van der Waals surface area contributed by atoms with E-state index in [0.29, 0.717) is 6.61 Å². The fraction of sp³-hybridized carbons (Fsp3) is 0.292. The van der Waals surface area contributed by atoms with Crippen LogP contribution in [0.25, 0.3) is 0 Å². The summed E-state index contributed by atoms with van der Waals surface area (Å²) in [5, 5.41) is 0. The Bertz CT molecular complexity index is 961. The molecule has 0 spiro atoms. The molecular formula is C24H26N2OS2. The Hall–Kier alpha value is -2.11. The van der Waals surface area contributed by atoms with Gasteiger partial charge in [-0.05, 0) is 48.6 Å². The number of hydrogen-bond acceptors (Lipinski definition) is 4. The lowest BCUT2D eigenvalue weighted by atomic mass is 10.2. The van der Waals surface area contributed by atoms with E-state index in [2.05, 4.69) is 84.6 Å². The van der Waals surface area contributed by atoms with Gasteiger partial charge in [0.25, 0.3) is 0 Å². The van der Waals surface area contributed by atoms with E-state index < -0.39 is 0 Å². The number of aryl methyl sites for hydroxylation is 1. The predicted molar refractivity (Wildman–Crippen MR) is 125 cm³/mol. The van der Waals surface area contributed by atoms with Crippen molar-refractivity contribution in [2.24, 2.45) is 4.99 Å². The van der Waals surface area contributed by atoms with Crippen LogP contribution in [0.2, 0.25) is 0 Å². The van der Waals surface area contributed by atoms with Gasteiger partial charge in [0.05, 0.1) is 6.04 Å². The van der Waals surface area contributed by atoms with Gasteiger partial charge in [0.15, 0.2) is 0 Å². The molecule has 1 unspecified atom stereocenters. The van der Waals surface area contributed by atoms with Crippen LogP contribution in [0, 0.1) is 6.92 Å². The van der Waals surface area contributed by atoms with Crippen molar-refractivity contribution in [1.82, 2.24) is 4.57 Å². The highest BCUT2D eigenvalue weighted by molar-refractivity contribution is 7.98. The third-order valence-corrected chi connectivity index (χ3v) is 6.87. The lowest BCUT2D eigenvalue weighted by molar-refractivity contribution is 0.323. The Balaban J connectivity index is 1.35. The zero-order valence-corrected chi connectivity index (χ0v) is 18.5. The second-order valence-electron chi connectivity index (χ2n) is 7.27. The Morgan fingerprint density at radius 1 is 1.03 bits per heavy atom. The molecule has 4 rings (SSSR count). The number of aromatic nitrogens is 1. The van der Waals surface area contributed by atoms with Crippen molar-refractivity contribution in [3.63, 3.8) is 0 Å². The number of thioether (sulfide) groups is 2. The van der Waals surface area contributed by atoms with E-state index >= 15 is 0 Å². The second-order valence-corrected chi connectivity index (χ2v) is 9.18. The first-order chi connectivity index (χ1) is 14.2. The lowest BCUT2D eigenvalue weighted by Crippen LogP contribution is -2.11. The van der Waals surface area contributed by atoms with Crippen LogP contribution in [0.15, 0.2) is 76.7 Å². The molecule has 29 heavy (non-hydrogen) atoms. The smallest absolute Gasteiger partial charge is 0.233 e. The second kappa shape index (κ2) is 9.59. The first-order valence-corrected chi connectivity index (χ1v) is 12.2. The first kappa shape index (κ1) is 20.2. The van der Waals surface area contributed by atoms with Crippen molar-refractivity contribution in [2.45, 2.75) is 30.2 Å². The van der Waals surface area contributed by atoms with Gasteiger partial charge in [-0.25, -0.2) is 4.99 Å². The van der Waals surface area contributed by atoms with Gasteiger partial charge in [0.2, 0.25) is 5.90 Å². The minimum Gasteiger partial charge on any atom is -0.474 e. The van der Waals surface area contributed by atoms with Crippen molar-refractivity contribution >= 4 is 29.4 Å². The van der Waals surface area contributed by atoms with Gasteiger partial charge in [0, 0.05) is 29.1 Å². The maximum atomic E-state index is 5.96. The number of hydrogen-bond donors (Lipinski definition) is 0. The fourth-order valence-electron chi connectivity index (χ4n) is 3.31. The third kappa shape index (κ3) is 5.28. The van der Waals surface area contributed by atoms with E-state index in [9.17, 15) is 0 Å². The quantitative estimate of drug-likeness (QED) is 0.439. The van der Waals surface area contributed by atoms with Crippen molar-refractivity contribution < 1.29 is 4.74 Å². The fourth-order valence-corrected chi connectivity index (χ4v) is 4.71. The predicted octanol–water partition coefficient (Wildman–Crippen LogP) is 5.65. The molecule has 3 aromatic rings. The van der Waals surface area contributed by atoms with Gasteiger partial charge in [-0.3, -0.25) is 0 Å². The molecule has 2 heterocycles. The minimum atomic E-state index is 0.227. The van der Waals surface area contributed by atoms with Crippen LogP contribution in [0.4, 0.5) is 0 Å². The number of ether oxygens (including phenoxy) is 1. The third-order valence-electron chi connectivity index (χ3n) is 4.97. The van der Waals surface area contributed by atoms with Crippen LogP contribution in [0.3, 0.4) is 0 Å². The molecular weight excluding hydrogens is 396 g/mol. The highest BCUT2D eigenvalue weighted by Crippen LogP contribution is 2.21. The molecule has 0 amide bonds. The molecule has 1 aromatic heterocycles. The van der Waals surface area contributed by atoms with Gasteiger partial charge in [-0.2, -0.15) is 11.8 Å². The van der Waals surface area contributed by atoms with E-state index in [1.54, 1.807) is 11.8 Å². The van der Waals surface area contributed by atoms with Gasteiger partial charge in [-0.1, -0.05) is 42.0 Å². The van der Waals surface area contributed by atoms with E-state index in [1.165, 1.54) is 21.6 Å². The van der Waals surface area contributed by atoms with Gasteiger partial charge < -0.3 is 9.30 Å². The summed E-state index contributed by atoms with van der Waals surface area (Å²) >= 11 is 3.69. The van der Waals surface area contributed by atoms with Crippen molar-refractivity contribution in [1.29, 1.82) is 0 Å². The summed E-state index contributed by atoms with van der Waals surface area (Å²) in [6.07, 6.45) is 4.20. The average Bonchev–Trinajstić information content (AvgIpc) is 3.39. The standard InChI is InChI=1S/C24H26N2OS2/c1-18-5-7-20(8-6-18)16-29-17-21-15-27-24(25-21)23-4-3-13-26(23)14-19-9-11-22(28-2)12-10-19/h3-13,21H,14-17H2,1-2H3. The molecule has 0 radical (unpaired) electrons. The zero-order chi connectivity index (χ0) is 20.1. The summed E-state index contributed by atoms with van der Waals surface area (Å²) in [7, 11) is 0. The number of benzene rings is 2. The van der Waals surface area contributed by atoms with Crippen molar-refractivity contribution in [3.05, 3.63) is 89.2 Å². The maximum absolute atomic E-state index is 5.96. The molecule has 3 nitrogen and oxygen atoms in total. The van der Waals surface area contributed by atoms with Gasteiger partial charge >= 0.3 is 0 Å². The van der Waals surface area contributed by atoms with Gasteiger partial charge in [0.1, 0.15) is 12.3 Å². The molecule has 1 aliphatic heterocycles. The number of nitrogens with zero attached hydrogens (tertiary/aromatic N) is 2. The van der Waals surface area contributed by atoms with Crippen LogP contribution < -0.4 is 0 Å². The van der Waals surface area contributed by atoms with Crippen LogP contribution >= 0.6 is 23.5 Å². The molecule has 150 valence electrons. The molecule has 0 saturated heterocycles. The van der Waals surface area contributed by atoms with Crippen molar-refractivity contribution in [3.8, 4) is 0 Å². The lowest BCUT2D eigenvalue weighted by Gasteiger charge is -2.09. The molecule has 0 saturated carbocycles. The van der Waals surface area contributed by atoms with E-state index in [1.807, 2.05) is 11.8 Å². The van der Waals surface area contributed by atoms with E-state index in [0.717, 1.165) is 29.6 Å². The summed E-state index contributed by atoms with van der Waals surface area (Å²) in [6.45, 7) is 3.62. The molecule has 2 aromatic carbocycles. The maximum Gasteiger partial charge on any atom is 0.233 e. The summed E-state index contributed by atoms with van der Waals surface area (Å²) in [4.78, 5) is 6.14. The van der Waals surface area contributed by atoms with Crippen molar-refractivity contribution in [2.75, 3.05) is 18.6 Å². The highest BCUT2D eigenvalue weighted by atomic mass is 32.2. The Morgan fingerprint density at radius 2 is 1.79 bits per heavy atom. The number of rotatable bonds is 8. The first-order valence-electron chi connectivity index (χ1n) is 9.83. The SMILES string of the molecule is CSc1ccc(Cn2cccc2C2=NC(CSCc3ccc(C)cc3)CO2)cc1. The summed E-state index contributed by atoms with van der Waals surface area (Å²) in [5.41, 5.74) is 5.01. The zero-order valence-electron chi connectivity index (χ0n) is 16.9. The molecule has 0 bridgehead atoms. The normalized spacial score (nSPS) is 15.9. The van der Waals surface area contributed by atoms with Crippen LogP contribution in [-0.2, 0) is 17.0 Å². The molecule has 1 aliphatic rings. The average molecular weight is 423 g/mol. The molecule has 0 N–H and O–H groups in total. The van der Waals surface area contributed by atoms with Crippen LogP contribution in [-0.4, -0.2) is 35.1 Å². The van der Waals surface area contributed by atoms with E-state index in [-0.39, 0.29) is 6.04 Å². The topological polar surface area (TPSA) is 26.5 Å². The largest absolute Gasteiger partial charge is 0.474 e. The molecule has 5 heteroatoms. The Morgan fingerprint density at radius 3 is 2.55 bits per heavy atom.